The molecule has 1 aromatic rings. The zero-order valence-corrected chi connectivity index (χ0v) is 9.93. The van der Waals surface area contributed by atoms with Gasteiger partial charge in [0.15, 0.2) is 0 Å². The average Bonchev–Trinajstić information content (AvgIpc) is 2.14. The Bertz CT molecular complexity index is 406. The van der Waals surface area contributed by atoms with Crippen LogP contribution in [-0.2, 0) is 11.1 Å². The van der Waals surface area contributed by atoms with Crippen molar-refractivity contribution in [1.82, 2.24) is 0 Å². The number of esters is 1. The molecule has 0 heterocycles. The quantitative estimate of drug-likeness (QED) is 0.632. The van der Waals surface area contributed by atoms with Crippen molar-refractivity contribution in [2.45, 2.75) is 6.32 Å². The highest BCUT2D eigenvalue weighted by molar-refractivity contribution is 9.10. The molecule has 0 amide bonds. The summed E-state index contributed by atoms with van der Waals surface area (Å²) in [4.78, 5) is 11.2. The molecule has 0 bridgehead atoms. The van der Waals surface area contributed by atoms with Crippen molar-refractivity contribution in [1.29, 1.82) is 0 Å². The van der Waals surface area contributed by atoms with Gasteiger partial charge in [-0.25, -0.2) is 4.79 Å². The summed E-state index contributed by atoms with van der Waals surface area (Å²) in [7, 11) is 1.21. The van der Waals surface area contributed by atoms with Crippen LogP contribution in [0.3, 0.4) is 0 Å². The third-order valence-electron chi connectivity index (χ3n) is 1.91. The van der Waals surface area contributed by atoms with Crippen LogP contribution in [0.1, 0.15) is 15.9 Å². The van der Waals surface area contributed by atoms with Gasteiger partial charge >= 0.3 is 12.9 Å². The number of carbonyl (C=O) groups excluding carboxylic acids is 1. The van der Waals surface area contributed by atoms with E-state index in [1.807, 2.05) is 0 Å². The molecular formula is C9H8BBrF3O2-. The van der Waals surface area contributed by atoms with Crippen LogP contribution in [-0.4, -0.2) is 20.1 Å². The molecule has 0 saturated heterocycles. The van der Waals surface area contributed by atoms with Crippen LogP contribution < -0.4 is 0 Å². The van der Waals surface area contributed by atoms with Crippen molar-refractivity contribution >= 4 is 28.9 Å². The maximum Gasteiger partial charge on any atom is 0.482 e. The second-order valence-corrected chi connectivity index (χ2v) is 4.07. The molecule has 2 nitrogen and oxygen atoms in total. The first-order valence-corrected chi connectivity index (χ1v) is 5.20. The molecule has 7 heteroatoms. The van der Waals surface area contributed by atoms with Gasteiger partial charge in [-0.05, 0) is 28.1 Å². The van der Waals surface area contributed by atoms with Crippen LogP contribution in [0.5, 0.6) is 0 Å². The second-order valence-electron chi connectivity index (χ2n) is 3.22. The fourth-order valence-electron chi connectivity index (χ4n) is 1.23. The molecule has 0 aromatic heterocycles. The van der Waals surface area contributed by atoms with Gasteiger partial charge in [0.2, 0.25) is 0 Å². The van der Waals surface area contributed by atoms with E-state index in [4.69, 9.17) is 0 Å². The van der Waals surface area contributed by atoms with Crippen LogP contribution in [0.25, 0.3) is 0 Å². The molecule has 1 aromatic carbocycles. The Morgan fingerprint density at radius 2 is 2.06 bits per heavy atom. The Morgan fingerprint density at radius 3 is 2.50 bits per heavy atom. The smallest absolute Gasteiger partial charge is 0.465 e. The lowest BCUT2D eigenvalue weighted by molar-refractivity contribution is 0.0599. The third kappa shape index (κ3) is 3.55. The van der Waals surface area contributed by atoms with Crippen LogP contribution in [0.4, 0.5) is 12.9 Å². The molecule has 0 fully saturated rings. The van der Waals surface area contributed by atoms with E-state index in [1.54, 1.807) is 0 Å². The van der Waals surface area contributed by atoms with E-state index >= 15 is 0 Å². The Labute approximate surface area is 99.0 Å². The SMILES string of the molecule is COC(=O)c1ccc(C[B-](F)(F)F)cc1Br. The predicted octanol–water partition coefficient (Wildman–Crippen LogP) is 3.16. The minimum absolute atomic E-state index is 0.118. The van der Waals surface area contributed by atoms with E-state index < -0.39 is 19.3 Å². The highest BCUT2D eigenvalue weighted by Crippen LogP contribution is 2.23. The number of carbonyl (C=O) groups is 1. The number of ether oxygens (including phenoxy) is 1. The van der Waals surface area contributed by atoms with Crippen LogP contribution >= 0.6 is 15.9 Å². The first kappa shape index (κ1) is 13.1. The molecule has 0 aliphatic heterocycles. The van der Waals surface area contributed by atoms with E-state index in [0.717, 1.165) is 0 Å². The minimum Gasteiger partial charge on any atom is -0.465 e. The van der Waals surface area contributed by atoms with E-state index in [2.05, 4.69) is 20.7 Å². The normalized spacial score (nSPS) is 11.3. The molecule has 0 radical (unpaired) electrons. The van der Waals surface area contributed by atoms with E-state index in [9.17, 15) is 17.7 Å². The Balaban J connectivity index is 2.96. The molecule has 0 spiro atoms. The van der Waals surface area contributed by atoms with Crippen LogP contribution in [0, 0.1) is 0 Å². The first-order chi connectivity index (χ1) is 7.33. The van der Waals surface area contributed by atoms with Crippen molar-refractivity contribution in [2.75, 3.05) is 7.11 Å². The second kappa shape index (κ2) is 4.90. The summed E-state index contributed by atoms with van der Waals surface area (Å²) in [5.74, 6) is -0.587. The first-order valence-electron chi connectivity index (χ1n) is 4.41. The van der Waals surface area contributed by atoms with Crippen LogP contribution in [0.15, 0.2) is 22.7 Å². The standard InChI is InChI=1S/C9H8BBrF3O2/c1-16-9(15)7-3-2-6(4-8(7)11)5-10(12,13)14/h2-4H,5H2,1H3/q-1. The maximum atomic E-state index is 12.2. The molecule has 88 valence electrons. The summed E-state index contributed by atoms with van der Waals surface area (Å²) in [6, 6.07) is 3.86. The van der Waals surface area contributed by atoms with Crippen molar-refractivity contribution in [2.24, 2.45) is 0 Å². The van der Waals surface area contributed by atoms with Gasteiger partial charge in [0.1, 0.15) is 0 Å². The van der Waals surface area contributed by atoms with Gasteiger partial charge in [-0.2, -0.15) is 0 Å². The summed E-state index contributed by atoms with van der Waals surface area (Å²) in [6.07, 6.45) is -0.958. The zero-order chi connectivity index (χ0) is 12.3. The fraction of sp³-hybridized carbons (Fsp3) is 0.222. The molecule has 0 atom stereocenters. The number of methoxy groups -OCH3 is 1. The molecular weight excluding hydrogens is 288 g/mol. The zero-order valence-electron chi connectivity index (χ0n) is 8.34. The largest absolute Gasteiger partial charge is 0.482 e. The summed E-state index contributed by atoms with van der Waals surface area (Å²) in [5.41, 5.74) is 0.327. The lowest BCUT2D eigenvalue weighted by Gasteiger charge is -2.14. The molecule has 0 aliphatic rings. The number of halogens is 4. The van der Waals surface area contributed by atoms with Gasteiger partial charge in [0, 0.05) is 4.47 Å². The Kier molecular flexibility index (Phi) is 4.01. The summed E-state index contributed by atoms with van der Waals surface area (Å²) >= 11 is 3.03. The van der Waals surface area contributed by atoms with E-state index in [-0.39, 0.29) is 11.1 Å². The van der Waals surface area contributed by atoms with Gasteiger partial charge in [0.25, 0.3) is 0 Å². The molecule has 0 unspecified atom stereocenters. The van der Waals surface area contributed by atoms with Gasteiger partial charge < -0.3 is 17.7 Å². The highest BCUT2D eigenvalue weighted by atomic mass is 79.9. The van der Waals surface area contributed by atoms with E-state index in [0.29, 0.717) is 4.47 Å². The Morgan fingerprint density at radius 1 is 1.44 bits per heavy atom. The molecule has 0 aliphatic carbocycles. The monoisotopic (exact) mass is 295 g/mol. The van der Waals surface area contributed by atoms with Crippen molar-refractivity contribution in [3.8, 4) is 0 Å². The number of hydrogen-bond donors (Lipinski definition) is 0. The van der Waals surface area contributed by atoms with E-state index in [1.165, 1.54) is 25.3 Å². The van der Waals surface area contributed by atoms with Gasteiger partial charge in [-0.15, -0.1) is 0 Å². The number of benzene rings is 1. The van der Waals surface area contributed by atoms with Crippen molar-refractivity contribution in [3.05, 3.63) is 33.8 Å². The van der Waals surface area contributed by atoms with Crippen LogP contribution in [0.2, 0.25) is 0 Å². The highest BCUT2D eigenvalue weighted by Gasteiger charge is 2.23. The molecule has 0 N–H and O–H groups in total. The number of hydrogen-bond acceptors (Lipinski definition) is 2. The molecule has 16 heavy (non-hydrogen) atoms. The lowest BCUT2D eigenvalue weighted by atomic mass is 9.82. The average molecular weight is 296 g/mol. The van der Waals surface area contributed by atoms with Gasteiger partial charge in [-0.1, -0.05) is 17.9 Å². The molecule has 0 saturated carbocycles. The van der Waals surface area contributed by atoms with Crippen molar-refractivity contribution in [3.63, 3.8) is 0 Å². The lowest BCUT2D eigenvalue weighted by Crippen LogP contribution is -2.19. The Hall–Kier alpha value is -0.975. The third-order valence-corrected chi connectivity index (χ3v) is 2.56. The molecule has 1 rings (SSSR count). The van der Waals surface area contributed by atoms with Crippen molar-refractivity contribution < 1.29 is 22.5 Å². The minimum atomic E-state index is -4.87. The summed E-state index contributed by atoms with van der Waals surface area (Å²) < 4.78 is 41.2. The summed E-state index contributed by atoms with van der Waals surface area (Å²) in [6.45, 7) is -4.87. The van der Waals surface area contributed by atoms with Gasteiger partial charge in [0.05, 0.1) is 12.7 Å². The summed E-state index contributed by atoms with van der Waals surface area (Å²) in [5, 5.41) is 0. The topological polar surface area (TPSA) is 26.3 Å². The maximum absolute atomic E-state index is 12.2. The number of rotatable bonds is 3. The van der Waals surface area contributed by atoms with Gasteiger partial charge in [-0.3, -0.25) is 0 Å². The fourth-order valence-corrected chi connectivity index (χ4v) is 1.82. The predicted molar refractivity (Wildman–Crippen MR) is 58.3 cm³/mol.